The largest absolute Gasteiger partial charge is 0.573 e. The van der Waals surface area contributed by atoms with Gasteiger partial charge in [-0.05, 0) is 11.6 Å². The van der Waals surface area contributed by atoms with Crippen molar-refractivity contribution in [3.05, 3.63) is 29.3 Å². The van der Waals surface area contributed by atoms with Gasteiger partial charge in [0, 0.05) is 25.2 Å². The number of ether oxygens (including phenoxy) is 2. The van der Waals surface area contributed by atoms with E-state index >= 15 is 0 Å². The molecule has 1 N–H and O–H groups in total. The summed E-state index contributed by atoms with van der Waals surface area (Å²) in [4.78, 5) is 2.09. The highest BCUT2D eigenvalue weighted by atomic mass is 19.4. The summed E-state index contributed by atoms with van der Waals surface area (Å²) in [5, 5.41) is 9.05. The Kier molecular flexibility index (Phi) is 4.85. The fourth-order valence-electron chi connectivity index (χ4n) is 2.07. The number of alkyl halides is 3. The molecule has 7 heteroatoms. The quantitative estimate of drug-likeness (QED) is 0.920. The molecule has 112 valence electrons. The molecule has 0 aromatic heterocycles. The van der Waals surface area contributed by atoms with Crippen molar-refractivity contribution in [3.63, 3.8) is 0 Å². The Balaban J connectivity index is 2.11. The monoisotopic (exact) mass is 291 g/mol. The summed E-state index contributed by atoms with van der Waals surface area (Å²) in [5.74, 6) is -0.342. The second-order valence-corrected chi connectivity index (χ2v) is 4.54. The van der Waals surface area contributed by atoms with Crippen LogP contribution in [0.2, 0.25) is 0 Å². The van der Waals surface area contributed by atoms with E-state index in [1.165, 1.54) is 12.1 Å². The highest BCUT2D eigenvalue weighted by Gasteiger charge is 2.32. The third-order valence-electron chi connectivity index (χ3n) is 3.04. The van der Waals surface area contributed by atoms with Crippen LogP contribution in [0.15, 0.2) is 18.2 Å². The lowest BCUT2D eigenvalue weighted by Crippen LogP contribution is -2.35. The molecule has 1 heterocycles. The van der Waals surface area contributed by atoms with E-state index in [0.29, 0.717) is 25.3 Å². The molecule has 0 saturated carbocycles. The van der Waals surface area contributed by atoms with Crippen LogP contribution < -0.4 is 4.74 Å². The van der Waals surface area contributed by atoms with Gasteiger partial charge in [0.15, 0.2) is 0 Å². The minimum Gasteiger partial charge on any atom is -0.405 e. The van der Waals surface area contributed by atoms with Gasteiger partial charge in [0.2, 0.25) is 0 Å². The number of halogens is 3. The second-order valence-electron chi connectivity index (χ2n) is 4.54. The van der Waals surface area contributed by atoms with Crippen molar-refractivity contribution >= 4 is 0 Å². The minimum atomic E-state index is -4.76. The molecule has 0 aliphatic carbocycles. The van der Waals surface area contributed by atoms with Gasteiger partial charge < -0.3 is 14.6 Å². The molecule has 1 saturated heterocycles. The third-order valence-corrected chi connectivity index (χ3v) is 3.04. The fraction of sp³-hybridized carbons (Fsp3) is 0.538. The molecule has 1 aliphatic rings. The Bertz CT molecular complexity index is 445. The summed E-state index contributed by atoms with van der Waals surface area (Å²) in [6.07, 6.45) is -4.76. The maximum absolute atomic E-state index is 12.3. The zero-order valence-corrected chi connectivity index (χ0v) is 10.8. The summed E-state index contributed by atoms with van der Waals surface area (Å²) in [7, 11) is 0. The molecule has 0 bridgehead atoms. The summed E-state index contributed by atoms with van der Waals surface area (Å²) < 4.78 is 46.1. The lowest BCUT2D eigenvalue weighted by atomic mass is 10.1. The van der Waals surface area contributed by atoms with E-state index in [1.807, 2.05) is 0 Å². The van der Waals surface area contributed by atoms with E-state index in [-0.39, 0.29) is 11.3 Å². The summed E-state index contributed by atoms with van der Waals surface area (Å²) in [6, 6.07) is 4.48. The number of rotatable bonds is 4. The van der Waals surface area contributed by atoms with Gasteiger partial charge in [-0.25, -0.2) is 0 Å². The van der Waals surface area contributed by atoms with Gasteiger partial charge in [-0.15, -0.1) is 13.2 Å². The van der Waals surface area contributed by atoms with Crippen LogP contribution in [0.1, 0.15) is 11.1 Å². The van der Waals surface area contributed by atoms with Crippen LogP contribution >= 0.6 is 0 Å². The molecule has 1 aromatic rings. The molecule has 0 amide bonds. The topological polar surface area (TPSA) is 41.9 Å². The third kappa shape index (κ3) is 4.36. The van der Waals surface area contributed by atoms with Crippen molar-refractivity contribution in [2.24, 2.45) is 0 Å². The zero-order chi connectivity index (χ0) is 14.6. The highest BCUT2D eigenvalue weighted by molar-refractivity contribution is 5.37. The molecule has 0 atom stereocenters. The predicted molar refractivity (Wildman–Crippen MR) is 65.1 cm³/mol. The van der Waals surface area contributed by atoms with Crippen molar-refractivity contribution in [2.75, 3.05) is 26.3 Å². The van der Waals surface area contributed by atoms with Gasteiger partial charge in [0.05, 0.1) is 19.8 Å². The number of hydrogen-bond acceptors (Lipinski definition) is 4. The van der Waals surface area contributed by atoms with E-state index < -0.39 is 13.0 Å². The van der Waals surface area contributed by atoms with Gasteiger partial charge in [0.25, 0.3) is 0 Å². The molecule has 1 aliphatic heterocycles. The first-order chi connectivity index (χ1) is 9.48. The van der Waals surface area contributed by atoms with Crippen LogP contribution in [0, 0.1) is 0 Å². The molecule has 0 spiro atoms. The smallest absolute Gasteiger partial charge is 0.405 e. The minimum absolute atomic E-state index is 0.119. The number of aliphatic hydroxyl groups excluding tert-OH is 1. The maximum Gasteiger partial charge on any atom is 0.573 e. The predicted octanol–water partition coefficient (Wildman–Crippen LogP) is 1.91. The van der Waals surface area contributed by atoms with Gasteiger partial charge in [-0.3, -0.25) is 4.90 Å². The van der Waals surface area contributed by atoms with Crippen molar-refractivity contribution in [1.82, 2.24) is 4.90 Å². The van der Waals surface area contributed by atoms with Crippen LogP contribution in [0.3, 0.4) is 0 Å². The van der Waals surface area contributed by atoms with Gasteiger partial charge in [-0.1, -0.05) is 12.1 Å². The van der Waals surface area contributed by atoms with E-state index in [9.17, 15) is 13.2 Å². The molecular weight excluding hydrogens is 275 g/mol. The Morgan fingerprint density at radius 1 is 1.25 bits per heavy atom. The molecule has 0 radical (unpaired) electrons. The van der Waals surface area contributed by atoms with Crippen LogP contribution in [-0.4, -0.2) is 42.7 Å². The molecule has 20 heavy (non-hydrogen) atoms. The summed E-state index contributed by atoms with van der Waals surface area (Å²) in [5.41, 5.74) is 0.830. The molecule has 4 nitrogen and oxygen atoms in total. The van der Waals surface area contributed by atoms with Gasteiger partial charge in [0.1, 0.15) is 5.75 Å². The Labute approximate surface area is 114 Å². The van der Waals surface area contributed by atoms with Crippen LogP contribution in [0.4, 0.5) is 13.2 Å². The van der Waals surface area contributed by atoms with Crippen LogP contribution in [-0.2, 0) is 17.9 Å². The van der Waals surface area contributed by atoms with Gasteiger partial charge in [-0.2, -0.15) is 0 Å². The Morgan fingerprint density at radius 3 is 2.55 bits per heavy atom. The van der Waals surface area contributed by atoms with E-state index in [0.717, 1.165) is 13.1 Å². The second kappa shape index (κ2) is 6.43. The zero-order valence-electron chi connectivity index (χ0n) is 10.8. The number of hydrogen-bond donors (Lipinski definition) is 1. The van der Waals surface area contributed by atoms with Crippen molar-refractivity contribution in [2.45, 2.75) is 19.5 Å². The lowest BCUT2D eigenvalue weighted by Gasteiger charge is -2.26. The molecule has 1 fully saturated rings. The Morgan fingerprint density at radius 2 is 1.95 bits per heavy atom. The summed E-state index contributed by atoms with van der Waals surface area (Å²) in [6.45, 7) is 2.78. The lowest BCUT2D eigenvalue weighted by molar-refractivity contribution is -0.275. The molecule has 0 unspecified atom stereocenters. The Hall–Kier alpha value is -1.31. The number of benzene rings is 1. The first kappa shape index (κ1) is 15.1. The molecule has 2 rings (SSSR count). The highest BCUT2D eigenvalue weighted by Crippen LogP contribution is 2.28. The van der Waals surface area contributed by atoms with Crippen molar-refractivity contribution in [1.29, 1.82) is 0 Å². The fourth-order valence-corrected chi connectivity index (χ4v) is 2.07. The van der Waals surface area contributed by atoms with Crippen LogP contribution in [0.5, 0.6) is 5.75 Å². The number of aliphatic hydroxyl groups is 1. The van der Waals surface area contributed by atoms with E-state index in [2.05, 4.69) is 9.64 Å². The van der Waals surface area contributed by atoms with Crippen molar-refractivity contribution in [3.8, 4) is 5.75 Å². The first-order valence-electron chi connectivity index (χ1n) is 6.26. The molecular formula is C13H16F3NO3. The normalized spacial score (nSPS) is 17.2. The van der Waals surface area contributed by atoms with Gasteiger partial charge >= 0.3 is 6.36 Å². The molecule has 1 aromatic carbocycles. The average Bonchev–Trinajstić information content (AvgIpc) is 2.38. The maximum atomic E-state index is 12.3. The standard InChI is InChI=1S/C13H16F3NO3/c14-13(15,16)20-12-7-10(1-2-11(12)9-18)8-17-3-5-19-6-4-17/h1-2,7,18H,3-6,8-9H2. The van der Waals surface area contributed by atoms with Crippen molar-refractivity contribution < 1.29 is 27.8 Å². The average molecular weight is 291 g/mol. The van der Waals surface area contributed by atoms with Crippen LogP contribution in [0.25, 0.3) is 0 Å². The first-order valence-corrected chi connectivity index (χ1v) is 6.26. The number of morpholine rings is 1. The van der Waals surface area contributed by atoms with E-state index in [4.69, 9.17) is 9.84 Å². The summed E-state index contributed by atoms with van der Waals surface area (Å²) >= 11 is 0. The number of nitrogens with zero attached hydrogens (tertiary/aromatic N) is 1. The van der Waals surface area contributed by atoms with E-state index in [1.54, 1.807) is 6.07 Å². The SMILES string of the molecule is OCc1ccc(CN2CCOCC2)cc1OC(F)(F)F.